The minimum Gasteiger partial charge on any atom is -0.493 e. The zero-order valence-corrected chi connectivity index (χ0v) is 12.5. The fourth-order valence-electron chi connectivity index (χ4n) is 2.71. The summed E-state index contributed by atoms with van der Waals surface area (Å²) in [7, 11) is 0. The number of benzene rings is 2. The van der Waals surface area contributed by atoms with E-state index in [4.69, 9.17) is 9.84 Å². The quantitative estimate of drug-likeness (QED) is 0.910. The number of fused-ring (bicyclic) bond motifs is 1. The summed E-state index contributed by atoms with van der Waals surface area (Å²) in [4.78, 5) is 23.0. The Labute approximate surface area is 133 Å². The van der Waals surface area contributed by atoms with Gasteiger partial charge in [0, 0.05) is 18.0 Å². The molecule has 0 aromatic heterocycles. The molecule has 0 bridgehead atoms. The minimum absolute atomic E-state index is 0.167. The molecule has 5 nitrogen and oxygen atoms in total. The van der Waals surface area contributed by atoms with Gasteiger partial charge >= 0.3 is 5.97 Å². The van der Waals surface area contributed by atoms with Crippen LogP contribution in [0.1, 0.15) is 38.6 Å². The Balaban J connectivity index is 1.64. The van der Waals surface area contributed by atoms with Crippen LogP contribution in [0.5, 0.6) is 5.75 Å². The van der Waals surface area contributed by atoms with Crippen LogP contribution in [-0.2, 0) is 0 Å². The second-order valence-corrected chi connectivity index (χ2v) is 5.46. The lowest BCUT2D eigenvalue weighted by Gasteiger charge is -2.26. The van der Waals surface area contributed by atoms with Crippen LogP contribution in [0.4, 0.5) is 0 Å². The van der Waals surface area contributed by atoms with Gasteiger partial charge in [-0.3, -0.25) is 4.79 Å². The van der Waals surface area contributed by atoms with E-state index >= 15 is 0 Å². The van der Waals surface area contributed by atoms with E-state index in [1.807, 2.05) is 24.3 Å². The Kier molecular flexibility index (Phi) is 4.28. The van der Waals surface area contributed by atoms with Crippen molar-refractivity contribution in [1.82, 2.24) is 5.32 Å². The molecular weight excluding hydrogens is 294 g/mol. The monoisotopic (exact) mass is 311 g/mol. The van der Waals surface area contributed by atoms with E-state index in [1.165, 1.54) is 24.3 Å². The molecule has 2 aromatic carbocycles. The zero-order valence-electron chi connectivity index (χ0n) is 12.5. The van der Waals surface area contributed by atoms with Gasteiger partial charge in [-0.2, -0.15) is 0 Å². The molecule has 1 aliphatic rings. The summed E-state index contributed by atoms with van der Waals surface area (Å²) in [6.45, 7) is 1.17. The van der Waals surface area contributed by atoms with Crippen LogP contribution in [0.3, 0.4) is 0 Å². The molecule has 1 heterocycles. The van der Waals surface area contributed by atoms with Crippen molar-refractivity contribution in [2.24, 2.45) is 0 Å². The van der Waals surface area contributed by atoms with Crippen molar-refractivity contribution < 1.29 is 19.4 Å². The van der Waals surface area contributed by atoms with Crippen LogP contribution in [0.25, 0.3) is 0 Å². The normalized spacial score (nSPS) is 16.1. The van der Waals surface area contributed by atoms with Crippen molar-refractivity contribution in [1.29, 1.82) is 0 Å². The van der Waals surface area contributed by atoms with Crippen molar-refractivity contribution in [2.75, 3.05) is 13.2 Å². The lowest BCUT2D eigenvalue weighted by Crippen LogP contribution is -2.30. The van der Waals surface area contributed by atoms with Gasteiger partial charge in [0.05, 0.1) is 12.2 Å². The summed E-state index contributed by atoms with van der Waals surface area (Å²) in [5, 5.41) is 11.8. The second-order valence-electron chi connectivity index (χ2n) is 5.46. The Morgan fingerprint density at radius 2 is 1.78 bits per heavy atom. The summed E-state index contributed by atoms with van der Waals surface area (Å²) < 4.78 is 5.61. The molecule has 1 unspecified atom stereocenters. The van der Waals surface area contributed by atoms with Crippen LogP contribution in [-0.4, -0.2) is 30.1 Å². The van der Waals surface area contributed by atoms with E-state index in [0.29, 0.717) is 18.7 Å². The van der Waals surface area contributed by atoms with Crippen LogP contribution in [0, 0.1) is 0 Å². The average Bonchev–Trinajstić information content (AvgIpc) is 2.59. The molecule has 0 radical (unpaired) electrons. The molecule has 0 saturated carbocycles. The van der Waals surface area contributed by atoms with Crippen LogP contribution >= 0.6 is 0 Å². The van der Waals surface area contributed by atoms with E-state index in [0.717, 1.165) is 17.7 Å². The fraction of sp³-hybridized carbons (Fsp3) is 0.222. The largest absolute Gasteiger partial charge is 0.493 e. The van der Waals surface area contributed by atoms with E-state index in [1.54, 1.807) is 0 Å². The summed E-state index contributed by atoms with van der Waals surface area (Å²) >= 11 is 0. The van der Waals surface area contributed by atoms with E-state index in [-0.39, 0.29) is 17.4 Å². The first kappa shape index (κ1) is 15.1. The summed E-state index contributed by atoms with van der Waals surface area (Å²) in [5.41, 5.74) is 1.73. The summed E-state index contributed by atoms with van der Waals surface area (Å²) in [6.07, 6.45) is 0.856. The molecule has 0 aliphatic carbocycles. The van der Waals surface area contributed by atoms with E-state index in [9.17, 15) is 9.59 Å². The van der Waals surface area contributed by atoms with Gasteiger partial charge in [0.1, 0.15) is 5.75 Å². The number of hydrogen-bond acceptors (Lipinski definition) is 3. The average molecular weight is 311 g/mol. The van der Waals surface area contributed by atoms with Gasteiger partial charge in [0.2, 0.25) is 0 Å². The molecule has 2 aromatic rings. The van der Waals surface area contributed by atoms with Crippen LogP contribution in [0.2, 0.25) is 0 Å². The minimum atomic E-state index is -1.00. The molecule has 1 amide bonds. The highest BCUT2D eigenvalue weighted by atomic mass is 16.5. The third-order valence-electron chi connectivity index (χ3n) is 3.99. The standard InChI is InChI=1S/C18H17NO4/c20-17(12-5-7-13(8-6-12)18(21)22)19-11-14-9-10-23-16-4-2-1-3-15(14)16/h1-8,14H,9-11H2,(H,19,20)(H,21,22). The molecule has 2 N–H and O–H groups in total. The Morgan fingerprint density at radius 1 is 1.09 bits per heavy atom. The summed E-state index contributed by atoms with van der Waals surface area (Å²) in [5.74, 6) is -0.104. The highest BCUT2D eigenvalue weighted by Gasteiger charge is 2.21. The molecule has 1 atom stereocenters. The van der Waals surface area contributed by atoms with Gasteiger partial charge in [-0.05, 0) is 42.3 Å². The number of para-hydroxylation sites is 1. The van der Waals surface area contributed by atoms with E-state index < -0.39 is 5.97 Å². The van der Waals surface area contributed by atoms with Gasteiger partial charge in [0.15, 0.2) is 0 Å². The van der Waals surface area contributed by atoms with E-state index in [2.05, 4.69) is 5.32 Å². The zero-order chi connectivity index (χ0) is 16.2. The number of rotatable bonds is 4. The van der Waals surface area contributed by atoms with Crippen LogP contribution in [0.15, 0.2) is 48.5 Å². The first-order valence-corrected chi connectivity index (χ1v) is 7.48. The molecular formula is C18H17NO4. The smallest absolute Gasteiger partial charge is 0.335 e. The molecule has 0 spiro atoms. The second kappa shape index (κ2) is 6.52. The maximum absolute atomic E-state index is 12.2. The molecule has 118 valence electrons. The van der Waals surface area contributed by atoms with Crippen molar-refractivity contribution in [3.8, 4) is 5.75 Å². The van der Waals surface area contributed by atoms with Crippen molar-refractivity contribution >= 4 is 11.9 Å². The number of carboxylic acid groups (broad SMARTS) is 1. The predicted molar refractivity (Wildman–Crippen MR) is 85.0 cm³/mol. The van der Waals surface area contributed by atoms with Crippen molar-refractivity contribution in [3.63, 3.8) is 0 Å². The maximum Gasteiger partial charge on any atom is 0.335 e. The highest BCUT2D eigenvalue weighted by molar-refractivity contribution is 5.95. The van der Waals surface area contributed by atoms with Crippen molar-refractivity contribution in [3.05, 3.63) is 65.2 Å². The third-order valence-corrected chi connectivity index (χ3v) is 3.99. The Morgan fingerprint density at radius 3 is 2.52 bits per heavy atom. The number of aromatic carboxylic acids is 1. The van der Waals surface area contributed by atoms with Gasteiger partial charge in [-0.15, -0.1) is 0 Å². The fourth-order valence-corrected chi connectivity index (χ4v) is 2.71. The number of ether oxygens (including phenoxy) is 1. The number of hydrogen-bond donors (Lipinski definition) is 2. The Bertz CT molecular complexity index is 724. The highest BCUT2D eigenvalue weighted by Crippen LogP contribution is 2.32. The molecule has 23 heavy (non-hydrogen) atoms. The van der Waals surface area contributed by atoms with Gasteiger partial charge < -0.3 is 15.2 Å². The number of carbonyl (C=O) groups excluding carboxylic acids is 1. The van der Waals surface area contributed by atoms with Crippen LogP contribution < -0.4 is 10.1 Å². The Hall–Kier alpha value is -2.82. The predicted octanol–water partition coefficient (Wildman–Crippen LogP) is 2.68. The topological polar surface area (TPSA) is 75.6 Å². The SMILES string of the molecule is O=C(O)c1ccc(C(=O)NCC2CCOc3ccccc32)cc1. The summed E-state index contributed by atoms with van der Waals surface area (Å²) in [6, 6.07) is 13.8. The number of amides is 1. The molecule has 5 heteroatoms. The lowest BCUT2D eigenvalue weighted by atomic mass is 9.93. The number of carboxylic acids is 1. The molecule has 0 saturated heterocycles. The van der Waals surface area contributed by atoms with Crippen molar-refractivity contribution in [2.45, 2.75) is 12.3 Å². The first-order chi connectivity index (χ1) is 11.1. The third kappa shape index (κ3) is 3.34. The first-order valence-electron chi connectivity index (χ1n) is 7.48. The number of carbonyl (C=O) groups is 2. The molecule has 1 aliphatic heterocycles. The maximum atomic E-state index is 12.2. The van der Waals surface area contributed by atoms with Gasteiger partial charge in [0.25, 0.3) is 5.91 Å². The molecule has 3 rings (SSSR count). The van der Waals surface area contributed by atoms with Gasteiger partial charge in [-0.1, -0.05) is 18.2 Å². The lowest BCUT2D eigenvalue weighted by molar-refractivity contribution is 0.0696. The van der Waals surface area contributed by atoms with Gasteiger partial charge in [-0.25, -0.2) is 4.79 Å². The molecule has 0 fully saturated rings. The number of nitrogens with one attached hydrogen (secondary N) is 1.